The molecule has 0 aliphatic carbocycles. The Balaban J connectivity index is 1.50. The van der Waals surface area contributed by atoms with Gasteiger partial charge in [0, 0.05) is 50.6 Å². The number of rotatable bonds is 8. The van der Waals surface area contributed by atoms with E-state index >= 15 is 0 Å². The van der Waals surface area contributed by atoms with Crippen molar-refractivity contribution in [2.75, 3.05) is 18.4 Å². The van der Waals surface area contributed by atoms with Gasteiger partial charge < -0.3 is 10.6 Å². The molecule has 1 fully saturated rings. The molecule has 0 saturated carbocycles. The summed E-state index contributed by atoms with van der Waals surface area (Å²) in [5, 5.41) is 6.18. The summed E-state index contributed by atoms with van der Waals surface area (Å²) in [6.07, 6.45) is 8.52. The van der Waals surface area contributed by atoms with Crippen LogP contribution in [0.15, 0.2) is 42.7 Å². The van der Waals surface area contributed by atoms with Gasteiger partial charge in [0.25, 0.3) is 0 Å². The molecule has 6 heteroatoms. The van der Waals surface area contributed by atoms with Crippen molar-refractivity contribution in [3.05, 3.63) is 53.9 Å². The molecule has 2 heterocycles. The maximum Gasteiger partial charge on any atom is 0.222 e. The van der Waals surface area contributed by atoms with Crippen LogP contribution in [0.5, 0.6) is 0 Å². The average Bonchev–Trinajstić information content (AvgIpc) is 2.69. The van der Waals surface area contributed by atoms with E-state index in [1.54, 1.807) is 6.92 Å². The van der Waals surface area contributed by atoms with Crippen LogP contribution in [0.2, 0.25) is 0 Å². The lowest BCUT2D eigenvalue weighted by atomic mass is 9.99. The highest BCUT2D eigenvalue weighted by Gasteiger charge is 2.22. The lowest BCUT2D eigenvalue weighted by molar-refractivity contribution is -0.119. The van der Waals surface area contributed by atoms with E-state index in [-0.39, 0.29) is 5.91 Å². The van der Waals surface area contributed by atoms with E-state index in [4.69, 9.17) is 0 Å². The monoisotopic (exact) mass is 367 g/mol. The van der Waals surface area contributed by atoms with Gasteiger partial charge in [-0.3, -0.25) is 9.69 Å². The minimum Gasteiger partial charge on any atom is -0.356 e. The van der Waals surface area contributed by atoms with Crippen LogP contribution < -0.4 is 10.6 Å². The lowest BCUT2D eigenvalue weighted by Crippen LogP contribution is -2.41. The molecule has 1 atom stereocenters. The quantitative estimate of drug-likeness (QED) is 0.751. The number of nitrogens with one attached hydrogen (secondary N) is 2. The zero-order chi connectivity index (χ0) is 18.9. The Bertz CT molecular complexity index is 704. The number of carbonyl (C=O) groups excluding carboxylic acids is 1. The van der Waals surface area contributed by atoms with Crippen LogP contribution in [-0.4, -0.2) is 39.9 Å². The van der Waals surface area contributed by atoms with Gasteiger partial charge in [0.15, 0.2) is 0 Å². The van der Waals surface area contributed by atoms with E-state index in [2.05, 4.69) is 37.6 Å². The van der Waals surface area contributed by atoms with E-state index in [0.717, 1.165) is 38.2 Å². The number of aromatic nitrogens is 2. The Morgan fingerprint density at radius 3 is 2.67 bits per heavy atom. The van der Waals surface area contributed by atoms with Gasteiger partial charge in [-0.2, -0.15) is 0 Å². The predicted octanol–water partition coefficient (Wildman–Crippen LogP) is 2.97. The van der Waals surface area contributed by atoms with Crippen molar-refractivity contribution in [1.82, 2.24) is 20.2 Å². The molecule has 1 aliphatic rings. The Morgan fingerprint density at radius 1 is 1.15 bits per heavy atom. The Kier molecular flexibility index (Phi) is 7.16. The average molecular weight is 367 g/mol. The fraction of sp³-hybridized carbons (Fsp3) is 0.476. The van der Waals surface area contributed by atoms with Crippen LogP contribution in [-0.2, 0) is 17.9 Å². The zero-order valence-electron chi connectivity index (χ0n) is 16.0. The number of carbonyl (C=O) groups is 1. The minimum atomic E-state index is 0.0457. The predicted molar refractivity (Wildman–Crippen MR) is 107 cm³/mol. The minimum absolute atomic E-state index is 0.0457. The molecule has 0 bridgehead atoms. The van der Waals surface area contributed by atoms with E-state index in [1.165, 1.54) is 24.8 Å². The second-order valence-electron chi connectivity index (χ2n) is 7.15. The van der Waals surface area contributed by atoms with Gasteiger partial charge in [-0.15, -0.1) is 0 Å². The maximum absolute atomic E-state index is 11.1. The first-order valence-corrected chi connectivity index (χ1v) is 9.78. The standard InChI is InChI=1S/C21H29N5O/c1-17(27)22-11-10-20-9-5-6-12-26(20)16-19-14-24-21(25-15-19)23-13-18-7-3-2-4-8-18/h2-4,7-8,14-15,20H,5-6,9-13,16H2,1H3,(H,22,27)(H,23,24,25)/t20-/m0/s1. The molecule has 1 aromatic carbocycles. The van der Waals surface area contributed by atoms with Crippen molar-refractivity contribution in [3.8, 4) is 0 Å². The number of piperidine rings is 1. The summed E-state index contributed by atoms with van der Waals surface area (Å²) in [5.74, 6) is 0.702. The molecule has 0 unspecified atom stereocenters. The summed E-state index contributed by atoms with van der Waals surface area (Å²) in [5.41, 5.74) is 2.34. The number of likely N-dealkylation sites (tertiary alicyclic amines) is 1. The molecule has 0 radical (unpaired) electrons. The normalized spacial score (nSPS) is 17.4. The molecule has 0 spiro atoms. The molecule has 144 valence electrons. The molecular formula is C21H29N5O. The highest BCUT2D eigenvalue weighted by Crippen LogP contribution is 2.21. The molecule has 27 heavy (non-hydrogen) atoms. The van der Waals surface area contributed by atoms with Crippen molar-refractivity contribution in [3.63, 3.8) is 0 Å². The molecule has 1 aliphatic heterocycles. The third kappa shape index (κ3) is 6.32. The maximum atomic E-state index is 11.1. The number of hydrogen-bond donors (Lipinski definition) is 2. The van der Waals surface area contributed by atoms with Gasteiger partial charge >= 0.3 is 0 Å². The first kappa shape index (κ1) is 19.3. The van der Waals surface area contributed by atoms with Crippen LogP contribution in [0.4, 0.5) is 5.95 Å². The van der Waals surface area contributed by atoms with Gasteiger partial charge in [-0.05, 0) is 31.4 Å². The number of amides is 1. The number of nitrogens with zero attached hydrogens (tertiary/aromatic N) is 3. The van der Waals surface area contributed by atoms with Crippen LogP contribution in [0, 0.1) is 0 Å². The highest BCUT2D eigenvalue weighted by atomic mass is 16.1. The molecule has 2 N–H and O–H groups in total. The smallest absolute Gasteiger partial charge is 0.222 e. The Hall–Kier alpha value is -2.47. The van der Waals surface area contributed by atoms with Crippen LogP contribution in [0.1, 0.15) is 43.7 Å². The lowest BCUT2D eigenvalue weighted by Gasteiger charge is -2.35. The molecule has 1 aromatic heterocycles. The van der Waals surface area contributed by atoms with E-state index < -0.39 is 0 Å². The van der Waals surface area contributed by atoms with Crippen molar-refractivity contribution in [2.24, 2.45) is 0 Å². The molecule has 6 nitrogen and oxygen atoms in total. The number of benzene rings is 1. The molecule has 3 rings (SSSR count). The van der Waals surface area contributed by atoms with Crippen LogP contribution >= 0.6 is 0 Å². The molecule has 1 amide bonds. The third-order valence-electron chi connectivity index (χ3n) is 4.99. The van der Waals surface area contributed by atoms with E-state index in [1.807, 2.05) is 30.6 Å². The number of hydrogen-bond acceptors (Lipinski definition) is 5. The molecule has 1 saturated heterocycles. The van der Waals surface area contributed by atoms with Gasteiger partial charge in [-0.1, -0.05) is 36.8 Å². The first-order valence-electron chi connectivity index (χ1n) is 9.78. The van der Waals surface area contributed by atoms with Gasteiger partial charge in [0.1, 0.15) is 0 Å². The summed E-state index contributed by atoms with van der Waals surface area (Å²) in [7, 11) is 0. The van der Waals surface area contributed by atoms with Crippen LogP contribution in [0.3, 0.4) is 0 Å². The highest BCUT2D eigenvalue weighted by molar-refractivity contribution is 5.72. The molecule has 2 aromatic rings. The Morgan fingerprint density at radius 2 is 1.93 bits per heavy atom. The summed E-state index contributed by atoms with van der Waals surface area (Å²) >= 11 is 0. The van der Waals surface area contributed by atoms with Crippen molar-refractivity contribution in [2.45, 2.75) is 51.7 Å². The van der Waals surface area contributed by atoms with Crippen LogP contribution in [0.25, 0.3) is 0 Å². The third-order valence-corrected chi connectivity index (χ3v) is 4.99. The van der Waals surface area contributed by atoms with E-state index in [0.29, 0.717) is 12.0 Å². The molecular weight excluding hydrogens is 338 g/mol. The summed E-state index contributed by atoms with van der Waals surface area (Å²) in [4.78, 5) is 22.5. The van der Waals surface area contributed by atoms with Gasteiger partial charge in [-0.25, -0.2) is 9.97 Å². The first-order chi connectivity index (χ1) is 13.2. The van der Waals surface area contributed by atoms with Crippen molar-refractivity contribution in [1.29, 1.82) is 0 Å². The topological polar surface area (TPSA) is 70.2 Å². The number of anilines is 1. The second-order valence-corrected chi connectivity index (χ2v) is 7.15. The SMILES string of the molecule is CC(=O)NCC[C@@H]1CCCCN1Cc1cnc(NCc2ccccc2)nc1. The summed E-state index contributed by atoms with van der Waals surface area (Å²) in [6, 6.07) is 10.8. The van der Waals surface area contributed by atoms with Crippen molar-refractivity contribution >= 4 is 11.9 Å². The summed E-state index contributed by atoms with van der Waals surface area (Å²) < 4.78 is 0. The Labute approximate surface area is 161 Å². The largest absolute Gasteiger partial charge is 0.356 e. The fourth-order valence-electron chi connectivity index (χ4n) is 3.55. The fourth-order valence-corrected chi connectivity index (χ4v) is 3.55. The van der Waals surface area contributed by atoms with Gasteiger partial charge in [0.2, 0.25) is 11.9 Å². The second kappa shape index (κ2) is 10.0. The van der Waals surface area contributed by atoms with Crippen molar-refractivity contribution < 1.29 is 4.79 Å². The van der Waals surface area contributed by atoms with E-state index in [9.17, 15) is 4.79 Å². The zero-order valence-corrected chi connectivity index (χ0v) is 16.0. The van der Waals surface area contributed by atoms with Gasteiger partial charge in [0.05, 0.1) is 0 Å². The summed E-state index contributed by atoms with van der Waals surface area (Å²) in [6.45, 7) is 5.00.